The Labute approximate surface area is 131 Å². The SMILES string of the molecule is CO[C@H](c1ccccc1)[C@H](C)N(C)C[C]1[CH][CH][C](Br)[CH]1. The molecule has 0 heterocycles. The van der Waals surface area contributed by atoms with Crippen LogP contribution in [0.3, 0.4) is 0 Å². The van der Waals surface area contributed by atoms with E-state index >= 15 is 0 Å². The van der Waals surface area contributed by atoms with Crippen molar-refractivity contribution in [1.82, 2.24) is 4.90 Å². The molecule has 107 valence electrons. The van der Waals surface area contributed by atoms with Crippen LogP contribution >= 0.6 is 15.9 Å². The van der Waals surface area contributed by atoms with Crippen LogP contribution in [0.1, 0.15) is 18.6 Å². The number of rotatable bonds is 6. The van der Waals surface area contributed by atoms with Crippen LogP contribution < -0.4 is 0 Å². The quantitative estimate of drug-likeness (QED) is 0.784. The summed E-state index contributed by atoms with van der Waals surface area (Å²) in [4.78, 5) is 3.46. The van der Waals surface area contributed by atoms with Gasteiger partial charge in [0, 0.05) is 24.5 Å². The monoisotopic (exact) mass is 334 g/mol. The van der Waals surface area contributed by atoms with Gasteiger partial charge in [-0.25, -0.2) is 0 Å². The molecule has 0 amide bonds. The van der Waals surface area contributed by atoms with Crippen molar-refractivity contribution in [3.63, 3.8) is 0 Å². The lowest BCUT2D eigenvalue weighted by atomic mass is 10.0. The Kier molecular flexibility index (Phi) is 6.06. The van der Waals surface area contributed by atoms with E-state index in [4.69, 9.17) is 4.74 Å². The Balaban J connectivity index is 1.95. The molecule has 5 radical (unpaired) electrons. The van der Waals surface area contributed by atoms with Gasteiger partial charge in [-0.05, 0) is 44.7 Å². The van der Waals surface area contributed by atoms with Crippen LogP contribution in [-0.2, 0) is 4.74 Å². The lowest BCUT2D eigenvalue weighted by molar-refractivity contribution is 0.0321. The normalized spacial score (nSPS) is 20.4. The average molecular weight is 335 g/mol. The van der Waals surface area contributed by atoms with Gasteiger partial charge in [0.15, 0.2) is 0 Å². The first-order valence-electron chi connectivity index (χ1n) is 6.81. The van der Waals surface area contributed by atoms with Crippen LogP contribution in [0.5, 0.6) is 0 Å². The van der Waals surface area contributed by atoms with Crippen LogP contribution in [0.2, 0.25) is 0 Å². The van der Waals surface area contributed by atoms with Crippen molar-refractivity contribution in [3.05, 3.63) is 65.9 Å². The van der Waals surface area contributed by atoms with Gasteiger partial charge in [-0.15, -0.1) is 0 Å². The van der Waals surface area contributed by atoms with Gasteiger partial charge in [0.05, 0.1) is 6.10 Å². The molecule has 0 saturated heterocycles. The number of nitrogens with zero attached hydrogens (tertiary/aromatic N) is 1. The van der Waals surface area contributed by atoms with E-state index in [0.717, 1.165) is 11.4 Å². The molecule has 1 aliphatic carbocycles. The van der Waals surface area contributed by atoms with Crippen molar-refractivity contribution < 1.29 is 4.74 Å². The Hall–Kier alpha value is -0.380. The number of ether oxygens (including phenoxy) is 1. The molecule has 1 saturated carbocycles. The molecule has 0 aliphatic heterocycles. The molecule has 0 bridgehead atoms. The second-order valence-electron chi connectivity index (χ2n) is 5.16. The van der Waals surface area contributed by atoms with Gasteiger partial charge in [-0.2, -0.15) is 0 Å². The van der Waals surface area contributed by atoms with Crippen molar-refractivity contribution in [2.45, 2.75) is 19.1 Å². The summed E-state index contributed by atoms with van der Waals surface area (Å²) in [6.07, 6.45) is 6.48. The maximum absolute atomic E-state index is 5.71. The summed E-state index contributed by atoms with van der Waals surface area (Å²) in [6.45, 7) is 3.12. The van der Waals surface area contributed by atoms with E-state index in [9.17, 15) is 0 Å². The van der Waals surface area contributed by atoms with E-state index < -0.39 is 0 Å². The molecule has 3 heteroatoms. The van der Waals surface area contributed by atoms with Gasteiger partial charge in [0.1, 0.15) is 0 Å². The average Bonchev–Trinajstić information content (AvgIpc) is 2.86. The van der Waals surface area contributed by atoms with E-state index in [2.05, 4.69) is 78.3 Å². The Bertz CT molecular complexity index is 397. The highest BCUT2D eigenvalue weighted by Crippen LogP contribution is 2.36. The lowest BCUT2D eigenvalue weighted by Gasteiger charge is -2.32. The first kappa shape index (κ1) is 16.0. The minimum absolute atomic E-state index is 0.0830. The maximum Gasteiger partial charge on any atom is 0.0973 e. The van der Waals surface area contributed by atoms with Gasteiger partial charge in [0.25, 0.3) is 0 Å². The zero-order chi connectivity index (χ0) is 14.5. The fraction of sp³-hybridized carbons (Fsp3) is 0.353. The molecule has 1 aromatic rings. The standard InChI is InChI=1S/C17H21BrNO/c1-13(17(20-3)15-7-5-4-6-8-15)19(2)12-14-9-10-16(18)11-14/h4-11,13,17H,12H2,1-3H3/t13-,17-/m0/s1. The third-order valence-corrected chi connectivity index (χ3v) is 4.22. The van der Waals surface area contributed by atoms with Crippen LogP contribution in [0.25, 0.3) is 0 Å². The number of hydrogen-bond donors (Lipinski definition) is 0. The fourth-order valence-electron chi connectivity index (χ4n) is 2.48. The summed E-state index contributed by atoms with van der Waals surface area (Å²) in [5, 5.41) is 0. The molecule has 2 rings (SSSR count). The molecule has 0 unspecified atom stereocenters. The van der Waals surface area contributed by atoms with Crippen molar-refractivity contribution >= 4 is 15.9 Å². The highest BCUT2D eigenvalue weighted by atomic mass is 79.9. The smallest absolute Gasteiger partial charge is 0.0973 e. The topological polar surface area (TPSA) is 12.5 Å². The Morgan fingerprint density at radius 2 is 1.90 bits per heavy atom. The second kappa shape index (κ2) is 7.58. The molecule has 2 nitrogen and oxygen atoms in total. The third-order valence-electron chi connectivity index (χ3n) is 3.73. The maximum atomic E-state index is 5.71. The van der Waals surface area contributed by atoms with Crippen molar-refractivity contribution in [3.8, 4) is 0 Å². The second-order valence-corrected chi connectivity index (χ2v) is 6.08. The van der Waals surface area contributed by atoms with Crippen LogP contribution in [0.4, 0.5) is 0 Å². The first-order chi connectivity index (χ1) is 9.61. The fourth-order valence-corrected chi connectivity index (χ4v) is 2.90. The molecule has 1 fully saturated rings. The molecule has 2 atom stereocenters. The van der Waals surface area contributed by atoms with E-state index in [1.54, 1.807) is 7.11 Å². The summed E-state index contributed by atoms with van der Waals surface area (Å²) in [6, 6.07) is 10.7. The molecule has 1 aromatic carbocycles. The lowest BCUT2D eigenvalue weighted by Crippen LogP contribution is -2.37. The third kappa shape index (κ3) is 4.06. The van der Waals surface area contributed by atoms with E-state index in [1.165, 1.54) is 11.5 Å². The molecule has 0 spiro atoms. The van der Waals surface area contributed by atoms with E-state index in [1.807, 2.05) is 6.07 Å². The van der Waals surface area contributed by atoms with Gasteiger partial charge in [-0.1, -0.05) is 46.3 Å². The van der Waals surface area contributed by atoms with Gasteiger partial charge >= 0.3 is 0 Å². The first-order valence-corrected chi connectivity index (χ1v) is 7.60. The highest BCUT2D eigenvalue weighted by molar-refractivity contribution is 9.11. The van der Waals surface area contributed by atoms with Crippen LogP contribution in [0, 0.1) is 30.0 Å². The zero-order valence-corrected chi connectivity index (χ0v) is 13.8. The number of hydrogen-bond acceptors (Lipinski definition) is 2. The predicted molar refractivity (Wildman–Crippen MR) is 86.6 cm³/mol. The summed E-state index contributed by atoms with van der Waals surface area (Å²) >= 11 is 3.50. The number of methoxy groups -OCH3 is 1. The molecule has 0 aromatic heterocycles. The van der Waals surface area contributed by atoms with Crippen molar-refractivity contribution in [1.29, 1.82) is 0 Å². The van der Waals surface area contributed by atoms with Gasteiger partial charge < -0.3 is 9.64 Å². The Morgan fingerprint density at radius 3 is 2.45 bits per heavy atom. The minimum Gasteiger partial charge on any atom is -0.375 e. The summed E-state index contributed by atoms with van der Waals surface area (Å²) < 4.78 is 5.71. The summed E-state index contributed by atoms with van der Waals surface area (Å²) in [7, 11) is 3.92. The van der Waals surface area contributed by atoms with Gasteiger partial charge in [0.2, 0.25) is 0 Å². The van der Waals surface area contributed by atoms with E-state index in [-0.39, 0.29) is 6.10 Å². The van der Waals surface area contributed by atoms with Crippen molar-refractivity contribution in [2.24, 2.45) is 0 Å². The van der Waals surface area contributed by atoms with Gasteiger partial charge in [-0.3, -0.25) is 0 Å². The molecule has 20 heavy (non-hydrogen) atoms. The van der Waals surface area contributed by atoms with Crippen molar-refractivity contribution in [2.75, 3.05) is 20.7 Å². The largest absolute Gasteiger partial charge is 0.375 e. The molecule has 0 N–H and O–H groups in total. The van der Waals surface area contributed by atoms with E-state index in [0.29, 0.717) is 6.04 Å². The number of halogens is 1. The number of benzene rings is 1. The molecule has 1 aliphatic rings. The summed E-state index contributed by atoms with van der Waals surface area (Å²) in [5.74, 6) is 1.31. The van der Waals surface area contributed by atoms with Crippen LogP contribution in [-0.4, -0.2) is 31.6 Å². The molecular formula is C17H21BrNO. The summed E-state index contributed by atoms with van der Waals surface area (Å²) in [5.41, 5.74) is 1.22. The molecular weight excluding hydrogens is 314 g/mol. The Morgan fingerprint density at radius 1 is 1.20 bits per heavy atom. The number of likely N-dealkylation sites (N-methyl/N-ethyl adjacent to an activating group) is 1. The predicted octanol–water partition coefficient (Wildman–Crippen LogP) is 3.82. The minimum atomic E-state index is 0.0830. The zero-order valence-electron chi connectivity index (χ0n) is 12.2. The van der Waals surface area contributed by atoms with Crippen LogP contribution in [0.15, 0.2) is 30.3 Å². The highest BCUT2D eigenvalue weighted by Gasteiger charge is 2.29.